The molecule has 2 N–H and O–H groups in total. The van der Waals surface area contributed by atoms with E-state index in [0.717, 1.165) is 21.9 Å². The standard InChI is InChI=1S/C19H21N3OS/c1-12(2)14-8-10-15(11-9-14)20-18(23)13(3)24-19-21-16-6-4-5-7-17(16)22-19/h4-13H,1-3H3,(H,20,23)(H,21,22). The van der Waals surface area contributed by atoms with E-state index in [1.54, 1.807) is 0 Å². The first kappa shape index (κ1) is 16.6. The minimum atomic E-state index is -0.240. The molecule has 0 spiro atoms. The molecule has 4 nitrogen and oxygen atoms in total. The second kappa shape index (κ2) is 7.09. The van der Waals surface area contributed by atoms with Crippen molar-refractivity contribution in [3.63, 3.8) is 0 Å². The Kier molecular flexibility index (Phi) is 4.90. The zero-order valence-corrected chi connectivity index (χ0v) is 14.9. The van der Waals surface area contributed by atoms with Crippen molar-refractivity contribution < 1.29 is 4.79 Å². The van der Waals surface area contributed by atoms with Crippen LogP contribution in [-0.4, -0.2) is 21.1 Å². The fraction of sp³-hybridized carbons (Fsp3) is 0.263. The predicted octanol–water partition coefficient (Wildman–Crippen LogP) is 4.81. The van der Waals surface area contributed by atoms with Gasteiger partial charge in [-0.1, -0.05) is 49.9 Å². The highest BCUT2D eigenvalue weighted by molar-refractivity contribution is 8.00. The van der Waals surface area contributed by atoms with Crippen molar-refractivity contribution in [3.8, 4) is 0 Å². The smallest absolute Gasteiger partial charge is 0.237 e. The summed E-state index contributed by atoms with van der Waals surface area (Å²) in [5.74, 6) is 0.454. The molecule has 1 heterocycles. The van der Waals surface area contributed by atoms with E-state index in [4.69, 9.17) is 0 Å². The van der Waals surface area contributed by atoms with Crippen molar-refractivity contribution in [3.05, 3.63) is 54.1 Å². The first-order valence-electron chi connectivity index (χ1n) is 8.05. The van der Waals surface area contributed by atoms with Gasteiger partial charge in [-0.3, -0.25) is 4.79 Å². The highest BCUT2D eigenvalue weighted by Gasteiger charge is 2.16. The van der Waals surface area contributed by atoms with Crippen LogP contribution in [0, 0.1) is 0 Å². The minimum Gasteiger partial charge on any atom is -0.333 e. The number of fused-ring (bicyclic) bond motifs is 1. The van der Waals surface area contributed by atoms with Gasteiger partial charge in [-0.2, -0.15) is 0 Å². The number of imidazole rings is 1. The molecule has 24 heavy (non-hydrogen) atoms. The van der Waals surface area contributed by atoms with Gasteiger partial charge in [-0.15, -0.1) is 0 Å². The molecule has 0 aliphatic heterocycles. The lowest BCUT2D eigenvalue weighted by molar-refractivity contribution is -0.115. The van der Waals surface area contributed by atoms with Gasteiger partial charge < -0.3 is 10.3 Å². The maximum absolute atomic E-state index is 12.4. The zero-order valence-electron chi connectivity index (χ0n) is 14.0. The van der Waals surface area contributed by atoms with Crippen LogP contribution in [0.15, 0.2) is 53.7 Å². The van der Waals surface area contributed by atoms with Crippen LogP contribution in [0.3, 0.4) is 0 Å². The summed E-state index contributed by atoms with van der Waals surface area (Å²) in [5, 5.41) is 3.48. The largest absolute Gasteiger partial charge is 0.333 e. The van der Waals surface area contributed by atoms with Crippen LogP contribution in [0.25, 0.3) is 11.0 Å². The molecule has 0 radical (unpaired) electrons. The summed E-state index contributed by atoms with van der Waals surface area (Å²) >= 11 is 1.43. The summed E-state index contributed by atoms with van der Waals surface area (Å²) in [5.41, 5.74) is 3.98. The van der Waals surface area contributed by atoms with Crippen LogP contribution in [-0.2, 0) is 4.79 Å². The molecule has 1 amide bonds. The first-order valence-corrected chi connectivity index (χ1v) is 8.93. The Bertz CT molecular complexity index is 806. The summed E-state index contributed by atoms with van der Waals surface area (Å²) < 4.78 is 0. The molecule has 3 rings (SSSR count). The Morgan fingerprint density at radius 2 is 1.79 bits per heavy atom. The number of H-pyrrole nitrogens is 1. The number of anilines is 1. The van der Waals surface area contributed by atoms with Crippen molar-refractivity contribution >= 4 is 34.4 Å². The molecule has 0 fully saturated rings. The molecule has 1 unspecified atom stereocenters. The average molecular weight is 339 g/mol. The summed E-state index contributed by atoms with van der Waals surface area (Å²) in [6.07, 6.45) is 0. The Morgan fingerprint density at radius 3 is 2.46 bits per heavy atom. The van der Waals surface area contributed by atoms with Crippen LogP contribution in [0.4, 0.5) is 5.69 Å². The summed E-state index contributed by atoms with van der Waals surface area (Å²) in [6, 6.07) is 15.9. The quantitative estimate of drug-likeness (QED) is 0.656. The topological polar surface area (TPSA) is 57.8 Å². The number of carbonyl (C=O) groups is 1. The molecular weight excluding hydrogens is 318 g/mol. The number of nitrogens with one attached hydrogen (secondary N) is 2. The predicted molar refractivity (Wildman–Crippen MR) is 101 cm³/mol. The molecule has 2 aromatic carbocycles. The number of rotatable bonds is 5. The van der Waals surface area contributed by atoms with Crippen molar-refractivity contribution in [1.82, 2.24) is 9.97 Å². The normalized spacial score (nSPS) is 12.5. The van der Waals surface area contributed by atoms with Crippen molar-refractivity contribution in [2.75, 3.05) is 5.32 Å². The Hall–Kier alpha value is -2.27. The molecule has 0 saturated heterocycles. The summed E-state index contributed by atoms with van der Waals surface area (Å²) in [7, 11) is 0. The van der Waals surface area contributed by atoms with Crippen LogP contribution in [0.1, 0.15) is 32.3 Å². The van der Waals surface area contributed by atoms with Crippen molar-refractivity contribution in [2.45, 2.75) is 37.1 Å². The van der Waals surface area contributed by atoms with Gasteiger partial charge in [0.25, 0.3) is 0 Å². The number of carbonyl (C=O) groups excluding carboxylic acids is 1. The molecule has 0 aliphatic carbocycles. The molecule has 124 valence electrons. The van der Waals surface area contributed by atoms with Gasteiger partial charge in [0.1, 0.15) is 0 Å². The van der Waals surface area contributed by atoms with Gasteiger partial charge in [-0.25, -0.2) is 4.98 Å². The van der Waals surface area contributed by atoms with E-state index in [2.05, 4.69) is 41.3 Å². The maximum Gasteiger partial charge on any atom is 0.237 e. The number of aromatic amines is 1. The maximum atomic E-state index is 12.4. The van der Waals surface area contributed by atoms with E-state index in [1.165, 1.54) is 17.3 Å². The molecule has 3 aromatic rings. The number of nitrogens with zero attached hydrogens (tertiary/aromatic N) is 1. The van der Waals surface area contributed by atoms with Crippen LogP contribution in [0.5, 0.6) is 0 Å². The second-order valence-electron chi connectivity index (χ2n) is 6.09. The van der Waals surface area contributed by atoms with E-state index < -0.39 is 0 Å². The highest BCUT2D eigenvalue weighted by atomic mass is 32.2. The number of benzene rings is 2. The van der Waals surface area contributed by atoms with Gasteiger partial charge in [0.15, 0.2) is 5.16 Å². The molecule has 1 aromatic heterocycles. The van der Waals surface area contributed by atoms with E-state index in [9.17, 15) is 4.79 Å². The average Bonchev–Trinajstić information content (AvgIpc) is 2.97. The number of thioether (sulfide) groups is 1. The van der Waals surface area contributed by atoms with Gasteiger partial charge in [-0.05, 0) is 42.7 Å². The third kappa shape index (κ3) is 3.79. The zero-order chi connectivity index (χ0) is 17.1. The van der Waals surface area contributed by atoms with Gasteiger partial charge in [0.05, 0.1) is 16.3 Å². The fourth-order valence-electron chi connectivity index (χ4n) is 2.40. The summed E-state index contributed by atoms with van der Waals surface area (Å²) in [6.45, 7) is 6.19. The molecule has 0 saturated carbocycles. The van der Waals surface area contributed by atoms with E-state index in [1.807, 2.05) is 43.3 Å². The van der Waals surface area contributed by atoms with Crippen LogP contribution >= 0.6 is 11.8 Å². The number of hydrogen-bond acceptors (Lipinski definition) is 3. The molecule has 0 bridgehead atoms. The SMILES string of the molecule is CC(Sc1nc2ccccc2[nH]1)C(=O)Nc1ccc(C(C)C)cc1. The van der Waals surface area contributed by atoms with Gasteiger partial charge in [0.2, 0.25) is 5.91 Å². The van der Waals surface area contributed by atoms with E-state index >= 15 is 0 Å². The molecule has 5 heteroatoms. The van der Waals surface area contributed by atoms with Crippen molar-refractivity contribution in [1.29, 1.82) is 0 Å². The number of hydrogen-bond donors (Lipinski definition) is 2. The van der Waals surface area contributed by atoms with E-state index in [-0.39, 0.29) is 11.2 Å². The van der Waals surface area contributed by atoms with Gasteiger partial charge >= 0.3 is 0 Å². The lowest BCUT2D eigenvalue weighted by Crippen LogP contribution is -2.22. The fourth-order valence-corrected chi connectivity index (χ4v) is 3.22. The molecule has 1 atom stereocenters. The third-order valence-corrected chi connectivity index (χ3v) is 4.85. The second-order valence-corrected chi connectivity index (χ2v) is 7.41. The number of amides is 1. The lowest BCUT2D eigenvalue weighted by atomic mass is 10.0. The Labute approximate surface area is 146 Å². The monoisotopic (exact) mass is 339 g/mol. The van der Waals surface area contributed by atoms with Crippen molar-refractivity contribution in [2.24, 2.45) is 0 Å². The number of aromatic nitrogens is 2. The minimum absolute atomic E-state index is 0.0299. The van der Waals surface area contributed by atoms with Crippen LogP contribution in [0.2, 0.25) is 0 Å². The highest BCUT2D eigenvalue weighted by Crippen LogP contribution is 2.24. The molecular formula is C19H21N3OS. The Morgan fingerprint density at radius 1 is 1.08 bits per heavy atom. The third-order valence-electron chi connectivity index (χ3n) is 3.87. The lowest BCUT2D eigenvalue weighted by Gasteiger charge is -2.12. The summed E-state index contributed by atoms with van der Waals surface area (Å²) in [4.78, 5) is 20.1. The molecule has 0 aliphatic rings. The van der Waals surface area contributed by atoms with E-state index in [0.29, 0.717) is 5.92 Å². The van der Waals surface area contributed by atoms with Crippen LogP contribution < -0.4 is 5.32 Å². The Balaban J connectivity index is 1.63. The number of para-hydroxylation sites is 2. The van der Waals surface area contributed by atoms with Gasteiger partial charge in [0, 0.05) is 5.69 Å². The first-order chi connectivity index (χ1) is 11.5.